The fourth-order valence-electron chi connectivity index (χ4n) is 3.43. The number of ether oxygens (including phenoxy) is 3. The molecule has 2 aromatic carbocycles. The average molecular weight is 477 g/mol. The van der Waals surface area contributed by atoms with Crippen molar-refractivity contribution in [1.29, 1.82) is 0 Å². The first-order valence-corrected chi connectivity index (χ1v) is 12.0. The van der Waals surface area contributed by atoms with Gasteiger partial charge in [-0.25, -0.2) is 8.42 Å². The zero-order chi connectivity index (χ0) is 23.8. The van der Waals surface area contributed by atoms with Crippen molar-refractivity contribution in [2.75, 3.05) is 45.3 Å². The summed E-state index contributed by atoms with van der Waals surface area (Å²) in [4.78, 5) is 24.4. The minimum absolute atomic E-state index is 0.0451. The van der Waals surface area contributed by atoms with E-state index in [0.717, 1.165) is 5.56 Å². The van der Waals surface area contributed by atoms with E-state index in [4.69, 9.17) is 14.2 Å². The monoisotopic (exact) mass is 476 g/mol. The smallest absolute Gasteiger partial charge is 0.306 e. The third-order valence-electron chi connectivity index (χ3n) is 5.24. The van der Waals surface area contributed by atoms with Crippen molar-refractivity contribution in [3.8, 4) is 5.75 Å². The van der Waals surface area contributed by atoms with Gasteiger partial charge < -0.3 is 19.5 Å². The van der Waals surface area contributed by atoms with Crippen LogP contribution in [0.5, 0.6) is 5.75 Å². The molecule has 1 heterocycles. The van der Waals surface area contributed by atoms with Crippen LogP contribution in [0.3, 0.4) is 0 Å². The molecule has 1 aliphatic heterocycles. The molecule has 0 radical (unpaired) electrons. The molecule has 1 amide bonds. The van der Waals surface area contributed by atoms with E-state index >= 15 is 0 Å². The predicted octanol–water partition coefficient (Wildman–Crippen LogP) is 2.39. The molecule has 10 heteroatoms. The summed E-state index contributed by atoms with van der Waals surface area (Å²) in [5, 5.41) is 2.57. The summed E-state index contributed by atoms with van der Waals surface area (Å²) >= 11 is 0. The number of methoxy groups -OCH3 is 1. The van der Waals surface area contributed by atoms with Crippen LogP contribution in [-0.4, -0.2) is 64.6 Å². The van der Waals surface area contributed by atoms with E-state index in [1.54, 1.807) is 0 Å². The van der Waals surface area contributed by atoms with Crippen molar-refractivity contribution in [1.82, 2.24) is 4.31 Å². The second kappa shape index (κ2) is 11.3. The van der Waals surface area contributed by atoms with Crippen LogP contribution in [-0.2, 0) is 29.1 Å². The summed E-state index contributed by atoms with van der Waals surface area (Å²) in [7, 11) is -2.46. The Morgan fingerprint density at radius 2 is 1.82 bits per heavy atom. The highest BCUT2D eigenvalue weighted by Gasteiger charge is 2.29. The molecular formula is C23H28N2O7S. The molecule has 1 fully saturated rings. The fraction of sp³-hybridized carbons (Fsp3) is 0.391. The second-order valence-corrected chi connectivity index (χ2v) is 9.51. The SMILES string of the molecule is COc1ccc(NC(=O)COC(=O)CC(C)c2ccccc2)cc1S(=O)(=O)N1CCOCC1. The molecule has 3 rings (SSSR count). The molecule has 1 saturated heterocycles. The van der Waals surface area contributed by atoms with Crippen LogP contribution in [0.15, 0.2) is 53.4 Å². The van der Waals surface area contributed by atoms with Gasteiger partial charge in [-0.05, 0) is 29.7 Å². The third kappa shape index (κ3) is 6.53. The highest BCUT2D eigenvalue weighted by Crippen LogP contribution is 2.30. The third-order valence-corrected chi connectivity index (χ3v) is 7.16. The van der Waals surface area contributed by atoms with Gasteiger partial charge in [0.05, 0.1) is 26.7 Å². The number of hydrogen-bond acceptors (Lipinski definition) is 7. The molecule has 0 bridgehead atoms. The Bertz CT molecular complexity index is 1070. The van der Waals surface area contributed by atoms with Crippen molar-refractivity contribution >= 4 is 27.6 Å². The Morgan fingerprint density at radius 1 is 1.12 bits per heavy atom. The Labute approximate surface area is 193 Å². The van der Waals surface area contributed by atoms with Gasteiger partial charge in [-0.3, -0.25) is 9.59 Å². The number of sulfonamides is 1. The number of amides is 1. The lowest BCUT2D eigenvalue weighted by atomic mass is 9.98. The van der Waals surface area contributed by atoms with Gasteiger partial charge in [0.1, 0.15) is 10.6 Å². The van der Waals surface area contributed by atoms with Crippen LogP contribution >= 0.6 is 0 Å². The number of morpholine rings is 1. The second-order valence-electron chi connectivity index (χ2n) is 7.61. The quantitative estimate of drug-likeness (QED) is 0.553. The van der Waals surface area contributed by atoms with Gasteiger partial charge in [0, 0.05) is 18.8 Å². The number of nitrogens with one attached hydrogen (secondary N) is 1. The van der Waals surface area contributed by atoms with Crippen LogP contribution in [0.1, 0.15) is 24.8 Å². The van der Waals surface area contributed by atoms with Crippen LogP contribution in [0.4, 0.5) is 5.69 Å². The fourth-order valence-corrected chi connectivity index (χ4v) is 5.02. The standard InChI is InChI=1S/C23H28N2O7S/c1-17(18-6-4-3-5-7-18)14-23(27)32-16-22(26)24-19-8-9-20(30-2)21(15-19)33(28,29)25-10-12-31-13-11-25/h3-9,15,17H,10-14,16H2,1-2H3,(H,24,26). The summed E-state index contributed by atoms with van der Waals surface area (Å²) in [5.74, 6) is -0.945. The summed E-state index contributed by atoms with van der Waals surface area (Å²) in [6, 6.07) is 13.9. The van der Waals surface area contributed by atoms with Crippen LogP contribution in [0, 0.1) is 0 Å². The first kappa shape index (κ1) is 24.7. The van der Waals surface area contributed by atoms with E-state index < -0.39 is 28.5 Å². The van der Waals surface area contributed by atoms with E-state index in [9.17, 15) is 18.0 Å². The lowest BCUT2D eigenvalue weighted by molar-refractivity contribution is -0.147. The summed E-state index contributed by atoms with van der Waals surface area (Å²) in [6.07, 6.45) is 0.141. The first-order valence-electron chi connectivity index (χ1n) is 10.6. The van der Waals surface area contributed by atoms with Gasteiger partial charge in [-0.15, -0.1) is 0 Å². The van der Waals surface area contributed by atoms with E-state index in [0.29, 0.717) is 13.2 Å². The van der Waals surface area contributed by atoms with Crippen LogP contribution < -0.4 is 10.1 Å². The normalized spacial score (nSPS) is 15.5. The average Bonchev–Trinajstić information content (AvgIpc) is 2.83. The molecule has 2 aromatic rings. The predicted molar refractivity (Wildman–Crippen MR) is 122 cm³/mol. The molecule has 1 unspecified atom stereocenters. The van der Waals surface area contributed by atoms with Crippen molar-refractivity contribution in [3.63, 3.8) is 0 Å². The minimum Gasteiger partial charge on any atom is -0.495 e. The number of hydrogen-bond donors (Lipinski definition) is 1. The van der Waals surface area contributed by atoms with Crippen LogP contribution in [0.2, 0.25) is 0 Å². The topological polar surface area (TPSA) is 111 Å². The van der Waals surface area contributed by atoms with Gasteiger partial charge in [-0.1, -0.05) is 37.3 Å². The number of nitrogens with zero attached hydrogens (tertiary/aromatic N) is 1. The minimum atomic E-state index is -3.84. The Hall–Kier alpha value is -2.95. The molecule has 9 nitrogen and oxygen atoms in total. The molecule has 0 aromatic heterocycles. The van der Waals surface area contributed by atoms with Gasteiger partial charge in [0.2, 0.25) is 10.0 Å². The lowest BCUT2D eigenvalue weighted by Crippen LogP contribution is -2.40. The number of esters is 1. The molecule has 0 spiro atoms. The molecule has 0 aliphatic carbocycles. The maximum absolute atomic E-state index is 13.0. The molecule has 33 heavy (non-hydrogen) atoms. The zero-order valence-electron chi connectivity index (χ0n) is 18.7. The summed E-state index contributed by atoms with van der Waals surface area (Å²) in [6.45, 7) is 2.53. The number of benzene rings is 2. The van der Waals surface area contributed by atoms with Crippen molar-refractivity contribution in [2.24, 2.45) is 0 Å². The van der Waals surface area contributed by atoms with Crippen molar-refractivity contribution < 1.29 is 32.2 Å². The zero-order valence-corrected chi connectivity index (χ0v) is 19.5. The van der Waals surface area contributed by atoms with E-state index in [-0.39, 0.29) is 41.8 Å². The summed E-state index contributed by atoms with van der Waals surface area (Å²) < 4.78 is 42.9. The molecule has 1 aliphatic rings. The Kier molecular flexibility index (Phi) is 8.43. The van der Waals surface area contributed by atoms with Crippen LogP contribution in [0.25, 0.3) is 0 Å². The lowest BCUT2D eigenvalue weighted by Gasteiger charge is -2.26. The molecule has 1 N–H and O–H groups in total. The Balaban J connectivity index is 1.60. The van der Waals surface area contributed by atoms with E-state index in [1.807, 2.05) is 37.3 Å². The molecular weight excluding hydrogens is 448 g/mol. The number of carbonyl (C=O) groups excluding carboxylic acids is 2. The largest absolute Gasteiger partial charge is 0.495 e. The number of carbonyl (C=O) groups is 2. The maximum atomic E-state index is 13.0. The van der Waals surface area contributed by atoms with Gasteiger partial charge in [-0.2, -0.15) is 4.31 Å². The van der Waals surface area contributed by atoms with E-state index in [1.165, 1.54) is 29.6 Å². The first-order chi connectivity index (χ1) is 15.8. The molecule has 0 saturated carbocycles. The van der Waals surface area contributed by atoms with Crippen molar-refractivity contribution in [2.45, 2.75) is 24.2 Å². The van der Waals surface area contributed by atoms with Gasteiger partial charge in [0.25, 0.3) is 5.91 Å². The maximum Gasteiger partial charge on any atom is 0.306 e. The number of rotatable bonds is 9. The number of anilines is 1. The van der Waals surface area contributed by atoms with E-state index in [2.05, 4.69) is 5.32 Å². The molecule has 1 atom stereocenters. The Morgan fingerprint density at radius 3 is 2.48 bits per heavy atom. The van der Waals surface area contributed by atoms with Gasteiger partial charge in [0.15, 0.2) is 6.61 Å². The summed E-state index contributed by atoms with van der Waals surface area (Å²) in [5.41, 5.74) is 1.26. The highest BCUT2D eigenvalue weighted by molar-refractivity contribution is 7.89. The molecule has 178 valence electrons. The van der Waals surface area contributed by atoms with Gasteiger partial charge >= 0.3 is 5.97 Å². The highest BCUT2D eigenvalue weighted by atomic mass is 32.2. The van der Waals surface area contributed by atoms with Crippen molar-refractivity contribution in [3.05, 3.63) is 54.1 Å².